The molecule has 1 fully saturated rings. The highest BCUT2D eigenvalue weighted by Crippen LogP contribution is 2.28. The van der Waals surface area contributed by atoms with Crippen molar-refractivity contribution >= 4 is 11.8 Å². The molecule has 1 aliphatic heterocycles. The fraction of sp³-hybridized carbons (Fsp3) is 0.500. The molecule has 21 heavy (non-hydrogen) atoms. The number of nitrogens with two attached hydrogens (primary N) is 1. The second-order valence-electron chi connectivity index (χ2n) is 6.10. The molecule has 1 aliphatic rings. The van der Waals surface area contributed by atoms with E-state index in [0.717, 1.165) is 5.56 Å². The second kappa shape index (κ2) is 5.84. The van der Waals surface area contributed by atoms with Crippen molar-refractivity contribution in [3.63, 3.8) is 0 Å². The molecule has 0 aliphatic carbocycles. The summed E-state index contributed by atoms with van der Waals surface area (Å²) in [6, 6.07) is 6.01. The number of likely N-dealkylation sites (tertiary alicyclic amines) is 1. The first kappa shape index (κ1) is 15.5. The predicted octanol–water partition coefficient (Wildman–Crippen LogP) is 1.83. The van der Waals surface area contributed by atoms with Crippen molar-refractivity contribution in [3.05, 3.63) is 35.6 Å². The summed E-state index contributed by atoms with van der Waals surface area (Å²) in [4.78, 5) is 25.6. The first-order valence-electron chi connectivity index (χ1n) is 7.17. The Kier molecular flexibility index (Phi) is 4.30. The molecule has 1 aromatic rings. The quantitative estimate of drug-likeness (QED) is 0.923. The molecule has 0 atom stereocenters. The Morgan fingerprint density at radius 2 is 1.71 bits per heavy atom. The zero-order chi connectivity index (χ0) is 15.6. The number of amides is 2. The van der Waals surface area contributed by atoms with E-state index in [2.05, 4.69) is 0 Å². The molecule has 4 nitrogen and oxygen atoms in total. The monoisotopic (exact) mass is 292 g/mol. The third-order valence-electron chi connectivity index (χ3n) is 4.29. The van der Waals surface area contributed by atoms with Crippen LogP contribution in [0.15, 0.2) is 24.3 Å². The van der Waals surface area contributed by atoms with E-state index in [1.165, 1.54) is 12.1 Å². The van der Waals surface area contributed by atoms with Crippen LogP contribution in [-0.4, -0.2) is 29.8 Å². The number of piperidine rings is 1. The molecule has 1 heterocycles. The average molecular weight is 292 g/mol. The fourth-order valence-electron chi connectivity index (χ4n) is 2.75. The number of carbonyl (C=O) groups excluding carboxylic acids is 2. The van der Waals surface area contributed by atoms with E-state index in [1.54, 1.807) is 17.0 Å². The third kappa shape index (κ3) is 3.23. The van der Waals surface area contributed by atoms with Gasteiger partial charge in [-0.1, -0.05) is 12.1 Å². The number of benzene rings is 1. The van der Waals surface area contributed by atoms with E-state index in [-0.39, 0.29) is 23.5 Å². The van der Waals surface area contributed by atoms with Gasteiger partial charge < -0.3 is 10.6 Å². The fourth-order valence-corrected chi connectivity index (χ4v) is 2.75. The van der Waals surface area contributed by atoms with Gasteiger partial charge in [0.05, 0.1) is 5.41 Å². The van der Waals surface area contributed by atoms with Gasteiger partial charge >= 0.3 is 0 Å². The molecule has 0 spiro atoms. The van der Waals surface area contributed by atoms with Gasteiger partial charge in [0.1, 0.15) is 5.82 Å². The van der Waals surface area contributed by atoms with Gasteiger partial charge in [-0.2, -0.15) is 0 Å². The van der Waals surface area contributed by atoms with E-state index in [1.807, 2.05) is 13.8 Å². The molecule has 1 aromatic carbocycles. The Hall–Kier alpha value is -1.91. The van der Waals surface area contributed by atoms with E-state index >= 15 is 0 Å². The van der Waals surface area contributed by atoms with Gasteiger partial charge in [0, 0.05) is 19.0 Å². The van der Waals surface area contributed by atoms with Gasteiger partial charge in [-0.25, -0.2) is 4.39 Å². The normalized spacial score (nSPS) is 16.8. The topological polar surface area (TPSA) is 63.4 Å². The number of carbonyl (C=O) groups is 2. The molecule has 114 valence electrons. The maximum atomic E-state index is 13.0. The Labute approximate surface area is 124 Å². The molecule has 1 saturated heterocycles. The minimum atomic E-state index is -0.715. The summed E-state index contributed by atoms with van der Waals surface area (Å²) in [5, 5.41) is 0. The molecular formula is C16H21FN2O2. The highest BCUT2D eigenvalue weighted by atomic mass is 19.1. The maximum Gasteiger partial charge on any atom is 0.232 e. The maximum absolute atomic E-state index is 13.0. The van der Waals surface area contributed by atoms with Crippen molar-refractivity contribution in [1.29, 1.82) is 0 Å². The highest BCUT2D eigenvalue weighted by Gasteiger charge is 2.36. The highest BCUT2D eigenvalue weighted by molar-refractivity contribution is 5.87. The minimum Gasteiger partial charge on any atom is -0.369 e. The van der Waals surface area contributed by atoms with Crippen molar-refractivity contribution in [1.82, 2.24) is 4.90 Å². The van der Waals surface area contributed by atoms with Crippen LogP contribution in [0, 0.1) is 11.7 Å². The molecule has 0 aromatic heterocycles. The van der Waals surface area contributed by atoms with Crippen molar-refractivity contribution < 1.29 is 14.0 Å². The van der Waals surface area contributed by atoms with Crippen LogP contribution in [0.1, 0.15) is 32.3 Å². The summed E-state index contributed by atoms with van der Waals surface area (Å²) in [6.07, 6.45) is 1.22. The number of halogens is 1. The Bertz CT molecular complexity index is 532. The summed E-state index contributed by atoms with van der Waals surface area (Å²) in [7, 11) is 0. The molecule has 2 rings (SSSR count). The number of nitrogens with zero attached hydrogens (tertiary/aromatic N) is 1. The van der Waals surface area contributed by atoms with Gasteiger partial charge in [-0.3, -0.25) is 9.59 Å². The lowest BCUT2D eigenvalue weighted by molar-refractivity contribution is -0.139. The van der Waals surface area contributed by atoms with E-state index in [0.29, 0.717) is 25.9 Å². The van der Waals surface area contributed by atoms with Crippen molar-refractivity contribution in [3.8, 4) is 0 Å². The van der Waals surface area contributed by atoms with Gasteiger partial charge in [0.15, 0.2) is 0 Å². The van der Waals surface area contributed by atoms with Crippen LogP contribution < -0.4 is 5.73 Å². The summed E-state index contributed by atoms with van der Waals surface area (Å²) < 4.78 is 13.0. The van der Waals surface area contributed by atoms with Gasteiger partial charge in [0.2, 0.25) is 11.8 Å². The molecule has 0 unspecified atom stereocenters. The largest absolute Gasteiger partial charge is 0.369 e. The number of hydrogen-bond donors (Lipinski definition) is 1. The van der Waals surface area contributed by atoms with Crippen LogP contribution in [-0.2, 0) is 15.0 Å². The summed E-state index contributed by atoms with van der Waals surface area (Å²) in [6.45, 7) is 4.75. The van der Waals surface area contributed by atoms with Crippen molar-refractivity contribution in [2.24, 2.45) is 11.7 Å². The summed E-state index contributed by atoms with van der Waals surface area (Å²) in [5.41, 5.74) is 5.37. The molecule has 2 N–H and O–H groups in total. The van der Waals surface area contributed by atoms with Crippen molar-refractivity contribution in [2.75, 3.05) is 13.1 Å². The molecule has 0 radical (unpaired) electrons. The van der Waals surface area contributed by atoms with Gasteiger partial charge in [-0.05, 0) is 44.4 Å². The van der Waals surface area contributed by atoms with E-state index in [4.69, 9.17) is 5.73 Å². The molecule has 0 saturated carbocycles. The van der Waals surface area contributed by atoms with Crippen LogP contribution in [0.2, 0.25) is 0 Å². The minimum absolute atomic E-state index is 0.00275. The standard InChI is InChI=1S/C16H21FN2O2/c1-16(2,12-3-5-13(17)6-4-12)15(21)19-9-7-11(8-10-19)14(18)20/h3-6,11H,7-10H2,1-2H3,(H2,18,20). The lowest BCUT2D eigenvalue weighted by Gasteiger charge is -2.36. The molecule has 5 heteroatoms. The Morgan fingerprint density at radius 3 is 2.19 bits per heavy atom. The van der Waals surface area contributed by atoms with Crippen LogP contribution in [0.4, 0.5) is 4.39 Å². The van der Waals surface area contributed by atoms with Gasteiger partial charge in [0.25, 0.3) is 0 Å². The van der Waals surface area contributed by atoms with Crippen LogP contribution >= 0.6 is 0 Å². The number of primary amides is 1. The van der Waals surface area contributed by atoms with Crippen LogP contribution in [0.25, 0.3) is 0 Å². The Morgan fingerprint density at radius 1 is 1.19 bits per heavy atom. The molecule has 2 amide bonds. The molecular weight excluding hydrogens is 271 g/mol. The lowest BCUT2D eigenvalue weighted by atomic mass is 9.82. The zero-order valence-corrected chi connectivity index (χ0v) is 12.4. The second-order valence-corrected chi connectivity index (χ2v) is 6.10. The summed E-state index contributed by atoms with van der Waals surface area (Å²) in [5.74, 6) is -0.746. The van der Waals surface area contributed by atoms with Crippen LogP contribution in [0.3, 0.4) is 0 Å². The van der Waals surface area contributed by atoms with Crippen molar-refractivity contribution in [2.45, 2.75) is 32.1 Å². The third-order valence-corrected chi connectivity index (χ3v) is 4.29. The van der Waals surface area contributed by atoms with E-state index in [9.17, 15) is 14.0 Å². The average Bonchev–Trinajstić information content (AvgIpc) is 2.47. The predicted molar refractivity (Wildman–Crippen MR) is 77.9 cm³/mol. The number of hydrogen-bond acceptors (Lipinski definition) is 2. The SMILES string of the molecule is CC(C)(C(=O)N1CCC(C(N)=O)CC1)c1ccc(F)cc1. The van der Waals surface area contributed by atoms with Crippen LogP contribution in [0.5, 0.6) is 0 Å². The van der Waals surface area contributed by atoms with E-state index < -0.39 is 5.41 Å². The van der Waals surface area contributed by atoms with Gasteiger partial charge in [-0.15, -0.1) is 0 Å². The first-order valence-corrected chi connectivity index (χ1v) is 7.17. The summed E-state index contributed by atoms with van der Waals surface area (Å²) >= 11 is 0. The Balaban J connectivity index is 2.09. The first-order chi connectivity index (χ1) is 9.82. The molecule has 0 bridgehead atoms. The zero-order valence-electron chi connectivity index (χ0n) is 12.4. The number of rotatable bonds is 3. The smallest absolute Gasteiger partial charge is 0.232 e. The lowest BCUT2D eigenvalue weighted by Crippen LogP contribution is -2.48.